The fraction of sp³-hybridized carbons (Fsp3) is 0.300. The number of hydrogen-bond donors (Lipinski definition) is 1. The van der Waals surface area contributed by atoms with Crippen LogP contribution in [0, 0.1) is 0 Å². The SMILES string of the molecule is CCOc1nc(S(C)(=O)=O)nc2c1c(C(=O)C(N)=O)c(CC)n2Cc1ccccc1. The highest BCUT2D eigenvalue weighted by Gasteiger charge is 2.30. The maximum Gasteiger partial charge on any atom is 0.289 e. The van der Waals surface area contributed by atoms with E-state index >= 15 is 0 Å². The molecule has 2 aromatic heterocycles. The molecule has 0 aliphatic carbocycles. The molecule has 0 radical (unpaired) electrons. The Labute approximate surface area is 173 Å². The van der Waals surface area contributed by atoms with Crippen LogP contribution in [0.25, 0.3) is 11.0 Å². The number of carbonyl (C=O) groups is 2. The molecule has 0 spiro atoms. The summed E-state index contributed by atoms with van der Waals surface area (Å²) in [5, 5.41) is -0.244. The third-order valence-corrected chi connectivity index (χ3v) is 5.38. The van der Waals surface area contributed by atoms with E-state index < -0.39 is 26.7 Å². The number of nitrogens with zero attached hydrogens (tertiary/aromatic N) is 3. The molecule has 1 aromatic carbocycles. The summed E-state index contributed by atoms with van der Waals surface area (Å²) in [4.78, 5) is 32.7. The minimum atomic E-state index is -3.76. The van der Waals surface area contributed by atoms with Gasteiger partial charge in [0.2, 0.25) is 15.7 Å². The normalized spacial score (nSPS) is 11.6. The first kappa shape index (κ1) is 21.4. The fourth-order valence-electron chi connectivity index (χ4n) is 3.31. The third-order valence-electron chi connectivity index (χ3n) is 4.54. The number of ether oxygens (including phenoxy) is 1. The Kier molecular flexibility index (Phi) is 5.88. The Morgan fingerprint density at radius 3 is 2.33 bits per heavy atom. The molecule has 30 heavy (non-hydrogen) atoms. The molecule has 3 rings (SSSR count). The molecule has 0 unspecified atom stereocenters. The van der Waals surface area contributed by atoms with Gasteiger partial charge in [-0.25, -0.2) is 8.42 Å². The number of amides is 1. The van der Waals surface area contributed by atoms with Gasteiger partial charge in [-0.3, -0.25) is 9.59 Å². The summed E-state index contributed by atoms with van der Waals surface area (Å²) < 4.78 is 31.6. The summed E-state index contributed by atoms with van der Waals surface area (Å²) in [6, 6.07) is 9.39. The van der Waals surface area contributed by atoms with Crippen molar-refractivity contribution in [2.24, 2.45) is 5.73 Å². The van der Waals surface area contributed by atoms with Crippen LogP contribution in [0.1, 0.15) is 35.5 Å². The Morgan fingerprint density at radius 2 is 1.80 bits per heavy atom. The topological polar surface area (TPSA) is 134 Å². The maximum atomic E-state index is 12.7. The van der Waals surface area contributed by atoms with Crippen molar-refractivity contribution in [2.45, 2.75) is 32.0 Å². The van der Waals surface area contributed by atoms with Gasteiger partial charge in [0.1, 0.15) is 5.65 Å². The van der Waals surface area contributed by atoms with Gasteiger partial charge in [-0.15, -0.1) is 0 Å². The van der Waals surface area contributed by atoms with Gasteiger partial charge in [0.25, 0.3) is 16.8 Å². The van der Waals surface area contributed by atoms with Gasteiger partial charge in [-0.2, -0.15) is 9.97 Å². The number of fused-ring (bicyclic) bond motifs is 1. The van der Waals surface area contributed by atoms with Gasteiger partial charge in [0.15, 0.2) is 0 Å². The second kappa shape index (κ2) is 8.23. The smallest absolute Gasteiger partial charge is 0.289 e. The average Bonchev–Trinajstić information content (AvgIpc) is 3.01. The molecule has 158 valence electrons. The lowest BCUT2D eigenvalue weighted by Crippen LogP contribution is -2.24. The van der Waals surface area contributed by atoms with E-state index in [4.69, 9.17) is 10.5 Å². The Morgan fingerprint density at radius 1 is 1.13 bits per heavy atom. The molecular weight excluding hydrogens is 408 g/mol. The minimum absolute atomic E-state index is 0.0411. The number of carbonyl (C=O) groups excluding carboxylic acids is 2. The van der Waals surface area contributed by atoms with Crippen LogP contribution in [0.3, 0.4) is 0 Å². The van der Waals surface area contributed by atoms with Gasteiger partial charge in [0, 0.05) is 18.5 Å². The number of Topliss-reactive ketones (excluding diaryl/α,β-unsaturated/α-hetero) is 1. The molecule has 0 bridgehead atoms. The molecule has 9 nitrogen and oxygen atoms in total. The maximum absolute atomic E-state index is 12.7. The first-order chi connectivity index (χ1) is 14.2. The summed E-state index contributed by atoms with van der Waals surface area (Å²) in [6.07, 6.45) is 1.36. The molecule has 0 aliphatic rings. The molecule has 0 atom stereocenters. The second-order valence-corrected chi connectivity index (χ2v) is 8.56. The van der Waals surface area contributed by atoms with Crippen LogP contribution in [-0.2, 0) is 27.6 Å². The van der Waals surface area contributed by atoms with Crippen molar-refractivity contribution in [3.05, 3.63) is 47.2 Å². The van der Waals surface area contributed by atoms with Crippen LogP contribution in [0.5, 0.6) is 5.88 Å². The average molecular weight is 430 g/mol. The largest absolute Gasteiger partial charge is 0.477 e. The van der Waals surface area contributed by atoms with Gasteiger partial charge in [0.05, 0.1) is 17.6 Å². The lowest BCUT2D eigenvalue weighted by molar-refractivity contribution is -0.114. The van der Waals surface area contributed by atoms with Gasteiger partial charge < -0.3 is 15.0 Å². The third kappa shape index (κ3) is 3.90. The van der Waals surface area contributed by atoms with E-state index in [1.54, 1.807) is 11.5 Å². The summed E-state index contributed by atoms with van der Waals surface area (Å²) in [5.41, 5.74) is 6.93. The monoisotopic (exact) mass is 430 g/mol. The first-order valence-electron chi connectivity index (χ1n) is 9.33. The summed E-state index contributed by atoms with van der Waals surface area (Å²) in [7, 11) is -3.76. The minimum Gasteiger partial charge on any atom is -0.477 e. The molecule has 2 heterocycles. The van der Waals surface area contributed by atoms with Gasteiger partial charge in [-0.1, -0.05) is 37.3 Å². The predicted octanol–water partition coefficient (Wildman–Crippen LogP) is 1.51. The molecule has 0 saturated heterocycles. The highest BCUT2D eigenvalue weighted by Crippen LogP contribution is 2.34. The van der Waals surface area contributed by atoms with E-state index in [-0.39, 0.29) is 29.1 Å². The lowest BCUT2D eigenvalue weighted by atomic mass is 10.1. The molecular formula is C20H22N4O5S. The lowest BCUT2D eigenvalue weighted by Gasteiger charge is -2.10. The number of aromatic nitrogens is 3. The molecule has 2 N–H and O–H groups in total. The van der Waals surface area contributed by atoms with Crippen LogP contribution >= 0.6 is 0 Å². The van der Waals surface area contributed by atoms with E-state index in [9.17, 15) is 18.0 Å². The number of benzene rings is 1. The molecule has 0 aliphatic heterocycles. The van der Waals surface area contributed by atoms with Crippen LogP contribution < -0.4 is 10.5 Å². The van der Waals surface area contributed by atoms with E-state index in [1.807, 2.05) is 37.3 Å². The van der Waals surface area contributed by atoms with Crippen molar-refractivity contribution in [3.8, 4) is 5.88 Å². The Hall–Kier alpha value is -3.27. The first-order valence-corrected chi connectivity index (χ1v) is 11.2. The Balaban J connectivity index is 2.46. The number of ketones is 1. The van der Waals surface area contributed by atoms with Crippen LogP contribution in [0.15, 0.2) is 35.5 Å². The number of sulfone groups is 1. The van der Waals surface area contributed by atoms with Crippen molar-refractivity contribution in [2.75, 3.05) is 12.9 Å². The van der Waals surface area contributed by atoms with Crippen molar-refractivity contribution in [1.29, 1.82) is 0 Å². The summed E-state index contributed by atoms with van der Waals surface area (Å²) in [6.45, 7) is 3.99. The Bertz CT molecular complexity index is 1230. The fourth-order valence-corrected chi connectivity index (χ4v) is 3.81. The van der Waals surface area contributed by atoms with Crippen molar-refractivity contribution in [3.63, 3.8) is 0 Å². The van der Waals surface area contributed by atoms with Crippen LogP contribution in [-0.4, -0.2) is 47.5 Å². The second-order valence-electron chi connectivity index (χ2n) is 6.66. The summed E-state index contributed by atoms with van der Waals surface area (Å²) in [5.74, 6) is -2.10. The highest BCUT2D eigenvalue weighted by atomic mass is 32.2. The number of primary amides is 1. The molecule has 0 fully saturated rings. The number of nitrogens with two attached hydrogens (primary N) is 1. The van der Waals surface area contributed by atoms with E-state index in [0.29, 0.717) is 18.7 Å². The van der Waals surface area contributed by atoms with Gasteiger partial charge in [-0.05, 0) is 18.9 Å². The quantitative estimate of drug-likeness (QED) is 0.325. The molecule has 0 saturated carbocycles. The van der Waals surface area contributed by atoms with E-state index in [2.05, 4.69) is 9.97 Å². The summed E-state index contributed by atoms with van der Waals surface area (Å²) >= 11 is 0. The molecule has 10 heteroatoms. The zero-order valence-electron chi connectivity index (χ0n) is 16.9. The van der Waals surface area contributed by atoms with Crippen molar-refractivity contribution >= 4 is 32.6 Å². The number of hydrogen-bond acceptors (Lipinski definition) is 7. The zero-order valence-corrected chi connectivity index (χ0v) is 17.7. The van der Waals surface area contributed by atoms with Gasteiger partial charge >= 0.3 is 0 Å². The predicted molar refractivity (Wildman–Crippen MR) is 110 cm³/mol. The molecule has 3 aromatic rings. The zero-order chi connectivity index (χ0) is 22.1. The van der Waals surface area contributed by atoms with Crippen molar-refractivity contribution < 1.29 is 22.7 Å². The van der Waals surface area contributed by atoms with Crippen molar-refractivity contribution in [1.82, 2.24) is 14.5 Å². The van der Waals surface area contributed by atoms with Crippen LogP contribution in [0.2, 0.25) is 0 Å². The number of rotatable bonds is 8. The van der Waals surface area contributed by atoms with Crippen LogP contribution in [0.4, 0.5) is 0 Å². The molecule has 1 amide bonds. The standard InChI is InChI=1S/C20H22N4O5S/c1-4-13-14(16(25)17(21)26)15-18(24(13)11-12-9-7-6-8-10-12)22-20(30(3,27)28)23-19(15)29-5-2/h6-10H,4-5,11H2,1-3H3,(H2,21,26). The van der Waals surface area contributed by atoms with E-state index in [0.717, 1.165) is 11.8 Å². The highest BCUT2D eigenvalue weighted by molar-refractivity contribution is 7.90. The van der Waals surface area contributed by atoms with E-state index in [1.165, 1.54) is 0 Å².